The molecule has 1 aromatic rings. The molecule has 1 aliphatic carbocycles. The first-order valence-electron chi connectivity index (χ1n) is 8.13. The summed E-state index contributed by atoms with van der Waals surface area (Å²) in [5, 5.41) is 5.20. The Labute approximate surface area is 134 Å². The monoisotopic (exact) mass is 328 g/mol. The first-order chi connectivity index (χ1) is 10.9. The van der Waals surface area contributed by atoms with Crippen molar-refractivity contribution in [2.75, 3.05) is 11.9 Å². The molecule has 23 heavy (non-hydrogen) atoms. The molecule has 0 spiro atoms. The molecular formula is C17H23F3N2O. The van der Waals surface area contributed by atoms with E-state index in [9.17, 15) is 18.0 Å². The number of benzene rings is 1. The third-order valence-electron chi connectivity index (χ3n) is 4.23. The highest BCUT2D eigenvalue weighted by molar-refractivity contribution is 5.94. The van der Waals surface area contributed by atoms with Crippen LogP contribution in [0.25, 0.3) is 0 Å². The Bertz CT molecular complexity index is 511. The van der Waals surface area contributed by atoms with Crippen LogP contribution in [0.2, 0.25) is 0 Å². The fourth-order valence-electron chi connectivity index (χ4n) is 2.98. The van der Waals surface area contributed by atoms with Gasteiger partial charge in [-0.2, -0.15) is 13.2 Å². The van der Waals surface area contributed by atoms with Crippen molar-refractivity contribution in [2.24, 2.45) is 5.92 Å². The first kappa shape index (κ1) is 17.8. The van der Waals surface area contributed by atoms with Crippen molar-refractivity contribution < 1.29 is 18.0 Å². The minimum absolute atomic E-state index is 0.166. The number of alkyl halides is 3. The minimum Gasteiger partial charge on any atom is -0.318 e. The Morgan fingerprint density at radius 3 is 2.61 bits per heavy atom. The molecule has 0 saturated heterocycles. The van der Waals surface area contributed by atoms with Gasteiger partial charge in [0.15, 0.2) is 0 Å². The maximum atomic E-state index is 12.2. The fourth-order valence-corrected chi connectivity index (χ4v) is 2.98. The Morgan fingerprint density at radius 2 is 1.91 bits per heavy atom. The summed E-state index contributed by atoms with van der Waals surface area (Å²) in [4.78, 5) is 10.9. The van der Waals surface area contributed by atoms with Gasteiger partial charge in [-0.05, 0) is 36.6 Å². The van der Waals surface area contributed by atoms with Crippen LogP contribution in [0.3, 0.4) is 0 Å². The summed E-state index contributed by atoms with van der Waals surface area (Å²) in [6.07, 6.45) is 2.89. The lowest BCUT2D eigenvalue weighted by Gasteiger charge is -2.21. The van der Waals surface area contributed by atoms with Crippen molar-refractivity contribution in [3.05, 3.63) is 29.8 Å². The van der Waals surface area contributed by atoms with Gasteiger partial charge in [-0.25, -0.2) is 0 Å². The fraction of sp³-hybridized carbons (Fsp3) is 0.588. The normalized spacial score (nSPS) is 16.3. The Balaban J connectivity index is 1.75. The van der Waals surface area contributed by atoms with Gasteiger partial charge in [-0.3, -0.25) is 4.79 Å². The summed E-state index contributed by atoms with van der Waals surface area (Å²) in [6, 6.07) is 6.49. The second-order valence-corrected chi connectivity index (χ2v) is 6.12. The van der Waals surface area contributed by atoms with E-state index in [-0.39, 0.29) is 5.69 Å². The average Bonchev–Trinajstić information content (AvgIpc) is 2.52. The van der Waals surface area contributed by atoms with E-state index in [4.69, 9.17) is 0 Å². The van der Waals surface area contributed by atoms with Crippen LogP contribution in [0.5, 0.6) is 0 Å². The second kappa shape index (κ2) is 8.34. The van der Waals surface area contributed by atoms with Crippen LogP contribution < -0.4 is 10.6 Å². The van der Waals surface area contributed by atoms with E-state index in [2.05, 4.69) is 5.32 Å². The van der Waals surface area contributed by atoms with E-state index < -0.39 is 12.1 Å². The molecule has 0 aromatic heterocycles. The van der Waals surface area contributed by atoms with Gasteiger partial charge in [0.1, 0.15) is 0 Å². The van der Waals surface area contributed by atoms with E-state index in [1.165, 1.54) is 38.2 Å². The van der Waals surface area contributed by atoms with Gasteiger partial charge in [0, 0.05) is 12.2 Å². The van der Waals surface area contributed by atoms with Crippen LogP contribution in [0.4, 0.5) is 18.9 Å². The molecule has 0 unspecified atom stereocenters. The summed E-state index contributed by atoms with van der Waals surface area (Å²) < 4.78 is 36.7. The molecule has 0 bridgehead atoms. The van der Waals surface area contributed by atoms with Gasteiger partial charge < -0.3 is 10.6 Å². The predicted molar refractivity (Wildman–Crippen MR) is 84.0 cm³/mol. The third-order valence-corrected chi connectivity index (χ3v) is 4.23. The van der Waals surface area contributed by atoms with Crippen LogP contribution in [0, 0.1) is 5.92 Å². The summed E-state index contributed by atoms with van der Waals surface area (Å²) in [5.74, 6) is -1.14. The van der Waals surface area contributed by atoms with Gasteiger partial charge in [-0.15, -0.1) is 0 Å². The predicted octanol–water partition coefficient (Wildman–Crippen LogP) is 4.25. The van der Waals surface area contributed by atoms with Gasteiger partial charge in [0.2, 0.25) is 0 Å². The molecule has 0 atom stereocenters. The van der Waals surface area contributed by atoms with Crippen LogP contribution in [-0.2, 0) is 11.3 Å². The number of rotatable bonds is 6. The van der Waals surface area contributed by atoms with Gasteiger partial charge in [0.25, 0.3) is 0 Å². The van der Waals surface area contributed by atoms with Crippen LogP contribution in [0.1, 0.15) is 44.1 Å². The number of carbonyl (C=O) groups is 1. The van der Waals surface area contributed by atoms with Crippen molar-refractivity contribution >= 4 is 11.6 Å². The topological polar surface area (TPSA) is 41.1 Å². The zero-order valence-corrected chi connectivity index (χ0v) is 13.1. The van der Waals surface area contributed by atoms with Crippen LogP contribution in [0.15, 0.2) is 24.3 Å². The molecule has 0 radical (unpaired) electrons. The number of hydrogen-bond acceptors (Lipinski definition) is 2. The number of anilines is 1. The Hall–Kier alpha value is -1.56. The molecule has 2 N–H and O–H groups in total. The van der Waals surface area contributed by atoms with Crippen molar-refractivity contribution in [3.63, 3.8) is 0 Å². The third kappa shape index (κ3) is 6.22. The first-order valence-corrected chi connectivity index (χ1v) is 8.13. The van der Waals surface area contributed by atoms with E-state index in [1.54, 1.807) is 12.1 Å². The molecule has 1 saturated carbocycles. The second-order valence-electron chi connectivity index (χ2n) is 6.12. The molecule has 0 aliphatic heterocycles. The van der Waals surface area contributed by atoms with E-state index in [0.29, 0.717) is 6.54 Å². The molecule has 2 rings (SSSR count). The molecule has 1 amide bonds. The van der Waals surface area contributed by atoms with Crippen LogP contribution >= 0.6 is 0 Å². The largest absolute Gasteiger partial charge is 0.471 e. The maximum Gasteiger partial charge on any atom is 0.471 e. The smallest absolute Gasteiger partial charge is 0.318 e. The number of amides is 1. The summed E-state index contributed by atoms with van der Waals surface area (Å²) in [6.45, 7) is 1.49. The average molecular weight is 328 g/mol. The van der Waals surface area contributed by atoms with Gasteiger partial charge >= 0.3 is 12.1 Å². The highest BCUT2D eigenvalue weighted by Gasteiger charge is 2.38. The lowest BCUT2D eigenvalue weighted by molar-refractivity contribution is -0.167. The highest BCUT2D eigenvalue weighted by Crippen LogP contribution is 2.25. The molecule has 3 nitrogen and oxygen atoms in total. The number of nitrogens with one attached hydrogen (secondary N) is 2. The van der Waals surface area contributed by atoms with E-state index >= 15 is 0 Å². The van der Waals surface area contributed by atoms with Crippen molar-refractivity contribution in [1.29, 1.82) is 0 Å². The van der Waals surface area contributed by atoms with Gasteiger partial charge in [-0.1, -0.05) is 44.2 Å². The van der Waals surface area contributed by atoms with Crippen LogP contribution in [-0.4, -0.2) is 18.6 Å². The number of halogens is 3. The summed E-state index contributed by atoms with van der Waals surface area (Å²) in [7, 11) is 0. The Morgan fingerprint density at radius 1 is 1.17 bits per heavy atom. The lowest BCUT2D eigenvalue weighted by atomic mass is 9.87. The molecule has 128 valence electrons. The maximum absolute atomic E-state index is 12.2. The van der Waals surface area contributed by atoms with Crippen molar-refractivity contribution in [1.82, 2.24) is 5.32 Å². The Kier molecular flexibility index (Phi) is 6.45. The van der Waals surface area contributed by atoms with Crippen molar-refractivity contribution in [2.45, 2.75) is 51.2 Å². The molecule has 0 heterocycles. The minimum atomic E-state index is -4.87. The zero-order chi connectivity index (χ0) is 16.7. The molecule has 1 fully saturated rings. The lowest BCUT2D eigenvalue weighted by Crippen LogP contribution is -2.30. The number of carbonyl (C=O) groups excluding carboxylic acids is 1. The zero-order valence-electron chi connectivity index (χ0n) is 13.1. The molecule has 1 aliphatic rings. The van der Waals surface area contributed by atoms with Gasteiger partial charge in [0.05, 0.1) is 0 Å². The summed E-state index contributed by atoms with van der Waals surface area (Å²) >= 11 is 0. The van der Waals surface area contributed by atoms with E-state index in [1.807, 2.05) is 11.4 Å². The molecule has 6 heteroatoms. The standard InChI is InChI=1S/C17H23F3N2O/c18-17(19,20)16(23)22-15-8-4-7-14(11-15)12-21-10-9-13-5-2-1-3-6-13/h4,7-8,11,13,21H,1-3,5-6,9-10,12H2,(H,22,23). The quantitative estimate of drug-likeness (QED) is 0.767. The molecular weight excluding hydrogens is 305 g/mol. The van der Waals surface area contributed by atoms with Crippen molar-refractivity contribution in [3.8, 4) is 0 Å². The SMILES string of the molecule is O=C(Nc1cccc(CNCCC2CCCCC2)c1)C(F)(F)F. The highest BCUT2D eigenvalue weighted by atomic mass is 19.4. The molecule has 1 aromatic carbocycles. The summed E-state index contributed by atoms with van der Waals surface area (Å²) in [5.41, 5.74) is 1.02. The van der Waals surface area contributed by atoms with E-state index in [0.717, 1.165) is 24.4 Å². The number of hydrogen-bond donors (Lipinski definition) is 2.